The Hall–Kier alpha value is -3.60. The highest BCUT2D eigenvalue weighted by atomic mass is 16.6. The molecule has 3 aromatic carbocycles. The van der Waals surface area contributed by atoms with E-state index in [9.17, 15) is 10.4 Å². The van der Waals surface area contributed by atoms with Crippen LogP contribution in [0.15, 0.2) is 78.9 Å². The predicted octanol–water partition coefficient (Wildman–Crippen LogP) is 3.70. The highest BCUT2D eigenvalue weighted by Gasteiger charge is 2.34. The third-order valence-electron chi connectivity index (χ3n) is 3.83. The van der Waals surface area contributed by atoms with Crippen molar-refractivity contribution < 1.29 is 9.84 Å². The zero-order valence-corrected chi connectivity index (χ0v) is 13.3. The molecule has 0 aliphatic rings. The van der Waals surface area contributed by atoms with Crippen LogP contribution in [-0.2, 0) is 5.79 Å². The van der Waals surface area contributed by atoms with Crippen molar-refractivity contribution >= 4 is 0 Å². The molecule has 1 N–H and O–H groups in total. The second kappa shape index (κ2) is 6.88. The number of hydrogen-bond donors (Lipinski definition) is 1. The Labute approximate surface area is 145 Å². The molecule has 0 aromatic heterocycles. The van der Waals surface area contributed by atoms with E-state index < -0.39 is 5.79 Å². The molecule has 0 radical (unpaired) electrons. The SMILES string of the molecule is N#Cc1ccc(OC(O)(c2ccccc2)c2ccccc2)cc1C#N. The molecule has 0 spiro atoms. The van der Waals surface area contributed by atoms with Crippen molar-refractivity contribution in [2.24, 2.45) is 0 Å². The van der Waals surface area contributed by atoms with Crippen LogP contribution in [-0.4, -0.2) is 5.11 Å². The standard InChI is InChI=1S/C21H14N2O2/c22-14-16-11-12-20(13-17(16)15-23)25-21(24,18-7-3-1-4-8-18)19-9-5-2-6-10-19/h1-13,24H. The van der Waals surface area contributed by atoms with Crippen molar-refractivity contribution in [3.8, 4) is 17.9 Å². The fourth-order valence-corrected chi connectivity index (χ4v) is 2.56. The fraction of sp³-hybridized carbons (Fsp3) is 0.0476. The molecule has 25 heavy (non-hydrogen) atoms. The van der Waals surface area contributed by atoms with E-state index in [2.05, 4.69) is 0 Å². The number of benzene rings is 3. The molecule has 0 fully saturated rings. The van der Waals surface area contributed by atoms with Crippen LogP contribution >= 0.6 is 0 Å². The van der Waals surface area contributed by atoms with Crippen molar-refractivity contribution in [2.45, 2.75) is 5.79 Å². The Balaban J connectivity index is 2.09. The molecule has 3 rings (SSSR count). The summed E-state index contributed by atoms with van der Waals surface area (Å²) in [5.41, 5.74) is 1.58. The molecule has 0 amide bonds. The molecule has 0 saturated heterocycles. The zero-order valence-electron chi connectivity index (χ0n) is 13.3. The van der Waals surface area contributed by atoms with Gasteiger partial charge in [-0.2, -0.15) is 10.5 Å². The van der Waals surface area contributed by atoms with Gasteiger partial charge in [0.05, 0.1) is 11.1 Å². The van der Waals surface area contributed by atoms with Crippen LogP contribution in [0.4, 0.5) is 0 Å². The number of nitrogens with zero attached hydrogens (tertiary/aromatic N) is 2. The van der Waals surface area contributed by atoms with E-state index in [1.165, 1.54) is 12.1 Å². The molecule has 4 heteroatoms. The number of aliphatic hydroxyl groups is 1. The van der Waals surface area contributed by atoms with E-state index in [1.54, 1.807) is 30.3 Å². The van der Waals surface area contributed by atoms with Crippen molar-refractivity contribution in [1.82, 2.24) is 0 Å². The summed E-state index contributed by atoms with van der Waals surface area (Å²) in [6.45, 7) is 0. The molecular weight excluding hydrogens is 312 g/mol. The molecule has 0 atom stereocenters. The van der Waals surface area contributed by atoms with Gasteiger partial charge in [0.25, 0.3) is 5.79 Å². The zero-order chi connectivity index (χ0) is 17.7. The summed E-state index contributed by atoms with van der Waals surface area (Å²) in [7, 11) is 0. The van der Waals surface area contributed by atoms with Gasteiger partial charge >= 0.3 is 0 Å². The number of rotatable bonds is 4. The first-order chi connectivity index (χ1) is 12.2. The van der Waals surface area contributed by atoms with Gasteiger partial charge in [-0.15, -0.1) is 0 Å². The Morgan fingerprint density at radius 3 is 1.72 bits per heavy atom. The minimum Gasteiger partial charge on any atom is -0.454 e. The van der Waals surface area contributed by atoms with Gasteiger partial charge in [0, 0.05) is 11.1 Å². The first-order valence-corrected chi connectivity index (χ1v) is 7.64. The Kier molecular flexibility index (Phi) is 4.48. The number of nitriles is 2. The molecule has 0 unspecified atom stereocenters. The molecule has 0 bridgehead atoms. The van der Waals surface area contributed by atoms with Crippen LogP contribution in [0.1, 0.15) is 22.3 Å². The highest BCUT2D eigenvalue weighted by Crippen LogP contribution is 2.33. The molecule has 120 valence electrons. The summed E-state index contributed by atoms with van der Waals surface area (Å²) in [5.74, 6) is -1.42. The van der Waals surface area contributed by atoms with Gasteiger partial charge in [-0.3, -0.25) is 0 Å². The van der Waals surface area contributed by atoms with Crippen LogP contribution in [0.5, 0.6) is 5.75 Å². The molecule has 0 heterocycles. The molecule has 0 saturated carbocycles. The maximum absolute atomic E-state index is 11.3. The Morgan fingerprint density at radius 2 is 1.24 bits per heavy atom. The van der Waals surface area contributed by atoms with Crippen LogP contribution in [0.25, 0.3) is 0 Å². The first kappa shape index (κ1) is 16.3. The maximum atomic E-state index is 11.3. The molecule has 0 aliphatic heterocycles. The largest absolute Gasteiger partial charge is 0.454 e. The Bertz CT molecular complexity index is 915. The van der Waals surface area contributed by atoms with Gasteiger partial charge in [-0.1, -0.05) is 60.7 Å². The lowest BCUT2D eigenvalue weighted by Gasteiger charge is -2.30. The number of hydrogen-bond acceptors (Lipinski definition) is 4. The summed E-state index contributed by atoms with van der Waals surface area (Å²) in [4.78, 5) is 0. The van der Waals surface area contributed by atoms with Crippen LogP contribution < -0.4 is 4.74 Å². The number of ether oxygens (including phenoxy) is 1. The minimum absolute atomic E-state index is 0.198. The highest BCUT2D eigenvalue weighted by molar-refractivity contribution is 5.49. The topological polar surface area (TPSA) is 77.0 Å². The average molecular weight is 326 g/mol. The summed E-state index contributed by atoms with van der Waals surface area (Å²) < 4.78 is 5.91. The quantitative estimate of drug-likeness (QED) is 0.742. The van der Waals surface area contributed by atoms with Crippen molar-refractivity contribution in [3.63, 3.8) is 0 Å². The van der Waals surface area contributed by atoms with Crippen LogP contribution in [0.3, 0.4) is 0 Å². The molecular formula is C21H14N2O2. The summed E-state index contributed by atoms with van der Waals surface area (Å²) >= 11 is 0. The lowest BCUT2D eigenvalue weighted by molar-refractivity contribution is -0.108. The van der Waals surface area contributed by atoms with E-state index in [0.717, 1.165) is 0 Å². The lowest BCUT2D eigenvalue weighted by atomic mass is 9.97. The summed E-state index contributed by atoms with van der Waals surface area (Å²) in [6.07, 6.45) is 0. The normalized spacial score (nSPS) is 10.5. The first-order valence-electron chi connectivity index (χ1n) is 7.64. The van der Waals surface area contributed by atoms with E-state index in [1.807, 2.05) is 48.5 Å². The fourth-order valence-electron chi connectivity index (χ4n) is 2.56. The van der Waals surface area contributed by atoms with Crippen molar-refractivity contribution in [2.75, 3.05) is 0 Å². The second-order valence-electron chi connectivity index (χ2n) is 5.41. The van der Waals surface area contributed by atoms with E-state index in [0.29, 0.717) is 16.9 Å². The van der Waals surface area contributed by atoms with Gasteiger partial charge in [0.1, 0.15) is 17.9 Å². The van der Waals surface area contributed by atoms with Gasteiger partial charge in [-0.25, -0.2) is 0 Å². The van der Waals surface area contributed by atoms with E-state index in [4.69, 9.17) is 10.00 Å². The third kappa shape index (κ3) is 3.21. The summed E-state index contributed by atoms with van der Waals surface area (Å²) in [5, 5.41) is 29.6. The maximum Gasteiger partial charge on any atom is 0.261 e. The third-order valence-corrected chi connectivity index (χ3v) is 3.83. The van der Waals surface area contributed by atoms with Crippen LogP contribution in [0, 0.1) is 22.7 Å². The lowest BCUT2D eigenvalue weighted by Crippen LogP contribution is -2.34. The van der Waals surface area contributed by atoms with Gasteiger partial charge < -0.3 is 9.84 Å². The van der Waals surface area contributed by atoms with Gasteiger partial charge in [-0.05, 0) is 18.2 Å². The van der Waals surface area contributed by atoms with E-state index in [-0.39, 0.29) is 11.1 Å². The van der Waals surface area contributed by atoms with E-state index >= 15 is 0 Å². The van der Waals surface area contributed by atoms with Crippen molar-refractivity contribution in [1.29, 1.82) is 10.5 Å². The molecule has 0 aliphatic carbocycles. The second-order valence-corrected chi connectivity index (χ2v) is 5.41. The minimum atomic E-state index is -1.72. The average Bonchev–Trinajstić information content (AvgIpc) is 2.69. The molecule has 3 aromatic rings. The predicted molar refractivity (Wildman–Crippen MR) is 92.4 cm³/mol. The smallest absolute Gasteiger partial charge is 0.261 e. The monoisotopic (exact) mass is 326 g/mol. The molecule has 4 nitrogen and oxygen atoms in total. The Morgan fingerprint density at radius 1 is 0.720 bits per heavy atom. The van der Waals surface area contributed by atoms with Crippen LogP contribution in [0.2, 0.25) is 0 Å². The van der Waals surface area contributed by atoms with Gasteiger partial charge in [0.15, 0.2) is 0 Å². The van der Waals surface area contributed by atoms with Crippen molar-refractivity contribution in [3.05, 3.63) is 101 Å². The summed E-state index contributed by atoms with van der Waals surface area (Å²) in [6, 6.07) is 26.5. The van der Waals surface area contributed by atoms with Gasteiger partial charge in [0.2, 0.25) is 0 Å².